The van der Waals surface area contributed by atoms with E-state index in [1.807, 2.05) is 6.92 Å². The van der Waals surface area contributed by atoms with Gasteiger partial charge in [0.1, 0.15) is 0 Å². The Kier molecular flexibility index (Phi) is 4.16. The second kappa shape index (κ2) is 5.58. The lowest BCUT2D eigenvalue weighted by atomic mass is 10.1. The molecule has 1 aliphatic carbocycles. The molecule has 0 unspecified atom stereocenters. The van der Waals surface area contributed by atoms with E-state index in [9.17, 15) is 13.2 Å². The van der Waals surface area contributed by atoms with Crippen molar-refractivity contribution in [2.75, 3.05) is 0 Å². The van der Waals surface area contributed by atoms with E-state index in [-0.39, 0.29) is 21.4 Å². The highest BCUT2D eigenvalue weighted by Crippen LogP contribution is 2.24. The van der Waals surface area contributed by atoms with Crippen LogP contribution < -0.4 is 0 Å². The second-order valence-corrected chi connectivity index (χ2v) is 6.86. The monoisotopic (exact) mass is 323 g/mol. The summed E-state index contributed by atoms with van der Waals surface area (Å²) >= 11 is 5.70. The van der Waals surface area contributed by atoms with Gasteiger partial charge in [-0.25, -0.2) is 0 Å². The molecule has 1 aliphatic rings. The lowest BCUT2D eigenvalue weighted by Gasteiger charge is -2.10. The summed E-state index contributed by atoms with van der Waals surface area (Å²) in [5.41, 5.74) is 2.41. The molecule has 0 spiro atoms. The number of carbonyl (C=O) groups excluding carboxylic acids is 1. The highest BCUT2D eigenvalue weighted by atomic mass is 35.5. The molecular formula is C15H14ClNO3S. The third-order valence-corrected chi connectivity index (χ3v) is 4.91. The average Bonchev–Trinajstić information content (AvgIpc) is 2.31. The van der Waals surface area contributed by atoms with Gasteiger partial charge in [0.2, 0.25) is 0 Å². The number of rotatable bonds is 2. The van der Waals surface area contributed by atoms with Crippen molar-refractivity contribution in [3.63, 3.8) is 0 Å². The predicted octanol–water partition coefficient (Wildman–Crippen LogP) is 3.00. The Balaban J connectivity index is 2.55. The summed E-state index contributed by atoms with van der Waals surface area (Å²) in [4.78, 5) is 11.4. The summed E-state index contributed by atoms with van der Waals surface area (Å²) < 4.78 is 28.7. The largest absolute Gasteiger partial charge is 0.288 e. The Labute approximate surface area is 128 Å². The van der Waals surface area contributed by atoms with Gasteiger partial charge in [0.05, 0.1) is 15.6 Å². The van der Waals surface area contributed by atoms with Crippen molar-refractivity contribution in [1.82, 2.24) is 0 Å². The van der Waals surface area contributed by atoms with E-state index in [0.29, 0.717) is 11.1 Å². The summed E-state index contributed by atoms with van der Waals surface area (Å²) in [7, 11) is -3.86. The van der Waals surface area contributed by atoms with Crippen LogP contribution in [-0.2, 0) is 14.8 Å². The van der Waals surface area contributed by atoms with Gasteiger partial charge >= 0.3 is 0 Å². The number of hydrogen-bond acceptors (Lipinski definition) is 3. The zero-order valence-corrected chi connectivity index (χ0v) is 13.4. The van der Waals surface area contributed by atoms with E-state index >= 15 is 0 Å². The number of sulfonamides is 1. The van der Waals surface area contributed by atoms with Gasteiger partial charge in [-0.05, 0) is 50.1 Å². The first-order valence-electron chi connectivity index (χ1n) is 6.23. The molecule has 0 saturated carbocycles. The number of nitrogens with zero attached hydrogens (tertiary/aromatic N) is 1. The number of aryl methyl sites for hydroxylation is 3. The molecule has 0 amide bonds. The summed E-state index contributed by atoms with van der Waals surface area (Å²) in [6.07, 6.45) is 3.79. The van der Waals surface area contributed by atoms with E-state index in [2.05, 4.69) is 4.40 Å². The minimum atomic E-state index is -3.86. The molecule has 0 radical (unpaired) electrons. The molecule has 0 aliphatic heterocycles. The van der Waals surface area contributed by atoms with Gasteiger partial charge in [-0.3, -0.25) is 4.79 Å². The first-order chi connectivity index (χ1) is 9.70. The first-order valence-corrected chi connectivity index (χ1v) is 8.05. The van der Waals surface area contributed by atoms with Gasteiger partial charge in [0.15, 0.2) is 5.78 Å². The van der Waals surface area contributed by atoms with E-state index in [1.54, 1.807) is 26.0 Å². The topological polar surface area (TPSA) is 63.6 Å². The fourth-order valence-electron chi connectivity index (χ4n) is 2.30. The van der Waals surface area contributed by atoms with Crippen LogP contribution in [0.1, 0.15) is 16.7 Å². The molecule has 0 heterocycles. The number of benzene rings is 1. The molecular weight excluding hydrogens is 310 g/mol. The van der Waals surface area contributed by atoms with Crippen LogP contribution >= 0.6 is 11.6 Å². The molecule has 4 nitrogen and oxygen atoms in total. The van der Waals surface area contributed by atoms with E-state index < -0.39 is 10.0 Å². The lowest BCUT2D eigenvalue weighted by Crippen LogP contribution is -2.09. The predicted molar refractivity (Wildman–Crippen MR) is 83.4 cm³/mol. The van der Waals surface area contributed by atoms with Crippen LogP contribution in [0.4, 0.5) is 0 Å². The molecule has 0 saturated heterocycles. The zero-order chi connectivity index (χ0) is 15.8. The molecule has 2 rings (SSSR count). The normalized spacial score (nSPS) is 17.2. The number of ketones is 1. The van der Waals surface area contributed by atoms with Crippen molar-refractivity contribution in [2.24, 2.45) is 4.40 Å². The Hall–Kier alpha value is -1.72. The molecule has 0 N–H and O–H groups in total. The Morgan fingerprint density at radius 1 is 1.05 bits per heavy atom. The molecule has 1 aromatic carbocycles. The van der Waals surface area contributed by atoms with E-state index in [1.165, 1.54) is 18.2 Å². The summed E-state index contributed by atoms with van der Waals surface area (Å²) in [5, 5.41) is -0.0520. The quantitative estimate of drug-likeness (QED) is 0.786. The number of allylic oxidation sites excluding steroid dienone is 4. The van der Waals surface area contributed by atoms with E-state index in [4.69, 9.17) is 11.6 Å². The van der Waals surface area contributed by atoms with Crippen LogP contribution in [0.5, 0.6) is 0 Å². The first kappa shape index (κ1) is 15.7. The molecule has 110 valence electrons. The maximum absolute atomic E-state index is 12.5. The van der Waals surface area contributed by atoms with Gasteiger partial charge in [0.25, 0.3) is 10.0 Å². The lowest BCUT2D eigenvalue weighted by molar-refractivity contribution is -0.110. The van der Waals surface area contributed by atoms with Crippen molar-refractivity contribution >= 4 is 33.1 Å². The maximum atomic E-state index is 12.5. The van der Waals surface area contributed by atoms with Crippen molar-refractivity contribution < 1.29 is 13.2 Å². The SMILES string of the molecule is Cc1cc(C)c(S(=O)(=O)/N=C2\C=CC(=O)C(Cl)=C2)c(C)c1. The summed E-state index contributed by atoms with van der Waals surface area (Å²) in [5.74, 6) is -0.365. The minimum Gasteiger partial charge on any atom is -0.288 e. The van der Waals surface area contributed by atoms with Gasteiger partial charge in [-0.2, -0.15) is 12.8 Å². The van der Waals surface area contributed by atoms with E-state index in [0.717, 1.165) is 5.56 Å². The van der Waals surface area contributed by atoms with Crippen molar-refractivity contribution in [3.8, 4) is 0 Å². The molecule has 0 fully saturated rings. The van der Waals surface area contributed by atoms with Crippen molar-refractivity contribution in [1.29, 1.82) is 0 Å². The third-order valence-electron chi connectivity index (χ3n) is 3.00. The smallest absolute Gasteiger partial charge is 0.283 e. The fraction of sp³-hybridized carbons (Fsp3) is 0.200. The summed E-state index contributed by atoms with van der Waals surface area (Å²) in [6.45, 7) is 5.37. The third kappa shape index (κ3) is 3.31. The van der Waals surface area contributed by atoms with Crippen LogP contribution in [-0.4, -0.2) is 19.9 Å². The number of hydrogen-bond donors (Lipinski definition) is 0. The maximum Gasteiger partial charge on any atom is 0.283 e. The van der Waals surface area contributed by atoms with Gasteiger partial charge in [-0.1, -0.05) is 29.3 Å². The second-order valence-electron chi connectivity index (χ2n) is 4.91. The van der Waals surface area contributed by atoms with Gasteiger partial charge in [-0.15, -0.1) is 0 Å². The Morgan fingerprint density at radius 2 is 1.62 bits per heavy atom. The number of halogens is 1. The van der Waals surface area contributed by atoms with Crippen molar-refractivity contribution in [3.05, 3.63) is 52.1 Å². The zero-order valence-electron chi connectivity index (χ0n) is 11.8. The van der Waals surface area contributed by atoms with Crippen molar-refractivity contribution in [2.45, 2.75) is 25.7 Å². The Bertz CT molecular complexity index is 794. The minimum absolute atomic E-state index is 0.0520. The summed E-state index contributed by atoms with van der Waals surface area (Å²) in [6, 6.07) is 3.59. The molecule has 0 aromatic heterocycles. The van der Waals surface area contributed by atoms with Crippen LogP contribution in [0, 0.1) is 20.8 Å². The van der Waals surface area contributed by atoms with Crippen LogP contribution in [0.15, 0.2) is 44.7 Å². The molecule has 0 bridgehead atoms. The molecule has 0 atom stereocenters. The molecule has 1 aromatic rings. The van der Waals surface area contributed by atoms with Gasteiger partial charge < -0.3 is 0 Å². The molecule has 21 heavy (non-hydrogen) atoms. The highest BCUT2D eigenvalue weighted by molar-refractivity contribution is 7.90. The van der Waals surface area contributed by atoms with Crippen LogP contribution in [0.25, 0.3) is 0 Å². The molecule has 6 heteroatoms. The number of carbonyl (C=O) groups is 1. The van der Waals surface area contributed by atoms with Gasteiger partial charge in [0, 0.05) is 0 Å². The Morgan fingerprint density at radius 3 is 2.14 bits per heavy atom. The fourth-order valence-corrected chi connectivity index (χ4v) is 3.89. The highest BCUT2D eigenvalue weighted by Gasteiger charge is 2.20. The van der Waals surface area contributed by atoms with Crippen LogP contribution in [0.2, 0.25) is 0 Å². The average molecular weight is 324 g/mol. The standard InChI is InChI=1S/C15H14ClNO3S/c1-9-6-10(2)15(11(3)7-9)21(19,20)17-12-4-5-14(18)13(16)8-12/h4-8H,1-3H3/b17-12+. The van der Waals surface area contributed by atoms with Crippen LogP contribution in [0.3, 0.4) is 0 Å².